The van der Waals surface area contributed by atoms with Gasteiger partial charge in [0.05, 0.1) is 30.5 Å². The van der Waals surface area contributed by atoms with Gasteiger partial charge < -0.3 is 50.8 Å². The highest BCUT2D eigenvalue weighted by molar-refractivity contribution is 5.97. The van der Waals surface area contributed by atoms with E-state index >= 15 is 0 Å². The van der Waals surface area contributed by atoms with Gasteiger partial charge in [0.2, 0.25) is 29.5 Å². The summed E-state index contributed by atoms with van der Waals surface area (Å²) in [4.78, 5) is 105. The fraction of sp³-hybridized carbons (Fsp3) is 0.500. The highest BCUT2D eigenvalue weighted by atomic mass is 16.6. The molecule has 2 fully saturated rings. The molecule has 3 aromatic rings. The van der Waals surface area contributed by atoms with Crippen LogP contribution in [0, 0.1) is 17.2 Å². The van der Waals surface area contributed by atoms with Gasteiger partial charge in [0.1, 0.15) is 37.3 Å². The molecule has 2 saturated heterocycles. The number of anilines is 2. The second kappa shape index (κ2) is 21.1. The van der Waals surface area contributed by atoms with E-state index in [1.165, 1.54) is 25.6 Å². The first-order chi connectivity index (χ1) is 29.6. The van der Waals surface area contributed by atoms with Gasteiger partial charge in [-0.3, -0.25) is 28.5 Å². The lowest BCUT2D eigenvalue weighted by Gasteiger charge is -2.42. The number of likely N-dealkylation sites (tertiary alicyclic amines) is 2. The summed E-state index contributed by atoms with van der Waals surface area (Å²) < 4.78 is 6.87. The van der Waals surface area contributed by atoms with Crippen molar-refractivity contribution in [3.63, 3.8) is 0 Å². The van der Waals surface area contributed by atoms with E-state index in [0.29, 0.717) is 54.0 Å². The minimum absolute atomic E-state index is 0.0649. The predicted molar refractivity (Wildman–Crippen MR) is 222 cm³/mol. The average molecular weight is 860 g/mol. The molecule has 4 unspecified atom stereocenters. The van der Waals surface area contributed by atoms with Crippen LogP contribution >= 0.6 is 0 Å². The molecule has 22 heteroatoms. The number of hydroxylamine groups is 1. The Balaban J connectivity index is 1.06. The van der Waals surface area contributed by atoms with E-state index in [9.17, 15) is 38.8 Å². The number of hydrogen-bond acceptors (Lipinski definition) is 14. The summed E-state index contributed by atoms with van der Waals surface area (Å²) in [5, 5.41) is 24.1. The summed E-state index contributed by atoms with van der Waals surface area (Å²) in [6.07, 6.45) is 3.41. The molecule has 62 heavy (non-hydrogen) atoms. The van der Waals surface area contributed by atoms with Crippen LogP contribution in [-0.4, -0.2) is 160 Å². The zero-order valence-electron chi connectivity index (χ0n) is 35.2. The van der Waals surface area contributed by atoms with Gasteiger partial charge in [-0.15, -0.1) is 0 Å². The maximum Gasteiger partial charge on any atom is 0.409 e. The van der Waals surface area contributed by atoms with Gasteiger partial charge in [-0.25, -0.2) is 19.6 Å². The van der Waals surface area contributed by atoms with Crippen LogP contribution in [0.15, 0.2) is 42.9 Å². The molecule has 2 aliphatic heterocycles. The normalized spacial score (nSPS) is 17.7. The molecule has 2 aliphatic rings. The van der Waals surface area contributed by atoms with E-state index in [1.54, 1.807) is 61.0 Å². The fourth-order valence-electron chi connectivity index (χ4n) is 7.48. The number of nitrogens with zero attached hydrogens (tertiary/aromatic N) is 9. The number of carbonyl (C=O) groups excluding carboxylic acids is 7. The lowest BCUT2D eigenvalue weighted by molar-refractivity contribution is -0.143. The molecular formula is C40H53N13O9. The predicted octanol–water partition coefficient (Wildman–Crippen LogP) is 0.455. The number of aromatic nitrogens is 3. The molecular weight excluding hydrogens is 807 g/mol. The van der Waals surface area contributed by atoms with Crippen LogP contribution in [0.2, 0.25) is 0 Å². The number of primary amides is 1. The van der Waals surface area contributed by atoms with Crippen molar-refractivity contribution in [3.05, 3.63) is 48.4 Å². The van der Waals surface area contributed by atoms with Crippen LogP contribution in [0.3, 0.4) is 0 Å². The number of ether oxygens (including phenoxy) is 1. The quantitative estimate of drug-likeness (QED) is 0.122. The van der Waals surface area contributed by atoms with Crippen LogP contribution in [-0.2, 0) is 35.3 Å². The summed E-state index contributed by atoms with van der Waals surface area (Å²) >= 11 is 0. The molecule has 0 bridgehead atoms. The molecule has 4 heterocycles. The van der Waals surface area contributed by atoms with E-state index in [0.717, 1.165) is 6.42 Å². The van der Waals surface area contributed by atoms with Crippen LogP contribution in [0.5, 0.6) is 0 Å². The van der Waals surface area contributed by atoms with E-state index in [4.69, 9.17) is 15.7 Å². The van der Waals surface area contributed by atoms with Crippen molar-refractivity contribution in [1.29, 1.82) is 5.26 Å². The number of nitrogens with two attached hydrogens (primary N) is 1. The molecule has 4 atom stereocenters. The van der Waals surface area contributed by atoms with Gasteiger partial charge in [0.15, 0.2) is 5.65 Å². The van der Waals surface area contributed by atoms with Gasteiger partial charge in [-0.1, -0.05) is 19.1 Å². The zero-order valence-corrected chi connectivity index (χ0v) is 35.2. The van der Waals surface area contributed by atoms with Gasteiger partial charge >= 0.3 is 12.1 Å². The Labute approximate surface area is 357 Å². The van der Waals surface area contributed by atoms with Crippen LogP contribution in [0.1, 0.15) is 44.6 Å². The molecule has 5 rings (SSSR count). The van der Waals surface area contributed by atoms with Crippen molar-refractivity contribution in [2.24, 2.45) is 11.7 Å². The third kappa shape index (κ3) is 11.3. The van der Waals surface area contributed by atoms with Crippen molar-refractivity contribution in [3.8, 4) is 6.07 Å². The monoisotopic (exact) mass is 859 g/mol. The van der Waals surface area contributed by atoms with Gasteiger partial charge in [0, 0.05) is 65.8 Å². The van der Waals surface area contributed by atoms with Crippen molar-refractivity contribution >= 4 is 64.2 Å². The lowest BCUT2D eigenvalue weighted by atomic mass is 9.92. The molecule has 2 aromatic heterocycles. The summed E-state index contributed by atoms with van der Waals surface area (Å²) in [7, 11) is 5.06. The summed E-state index contributed by atoms with van der Waals surface area (Å²) in [6.45, 7) is 3.28. The molecule has 6 N–H and O–H groups in total. The standard InChI is InChI=1S/C40H53N13O9/c1-25-12-16-51(34(56)11-14-41)22-31(25)50(4)35-28-13-17-53(36(28)45-24-44-35)39(59)48(2)18-19-49(3)40(60)62-23-26-7-9-27(10-8-26)46-33(55)21-43-37(57)30-6-5-15-52(30)38(58)29(47-61)20-32(42)54/h7-10,13,17,24-25,29-31,47,61H,5-6,11-12,15-16,18-23H2,1-4H3,(H2,42,54)(H,43,57)(H,46,55). The van der Waals surface area contributed by atoms with Crippen molar-refractivity contribution in [1.82, 2.24) is 44.9 Å². The zero-order chi connectivity index (χ0) is 45.1. The first-order valence-corrected chi connectivity index (χ1v) is 20.1. The highest BCUT2D eigenvalue weighted by Gasteiger charge is 2.38. The number of nitriles is 1. The van der Waals surface area contributed by atoms with Crippen LogP contribution in [0.4, 0.5) is 21.1 Å². The maximum absolute atomic E-state index is 13.6. The number of nitrogens with one attached hydrogen (secondary N) is 3. The first kappa shape index (κ1) is 46.2. The lowest BCUT2D eigenvalue weighted by Crippen LogP contribution is -2.53. The third-order valence-corrected chi connectivity index (χ3v) is 11.1. The van der Waals surface area contributed by atoms with E-state index in [-0.39, 0.29) is 63.1 Å². The van der Waals surface area contributed by atoms with E-state index < -0.39 is 48.2 Å². The van der Waals surface area contributed by atoms with Crippen LogP contribution in [0.25, 0.3) is 11.0 Å². The number of amides is 7. The largest absolute Gasteiger partial charge is 0.445 e. The Morgan fingerprint density at radius 1 is 1.02 bits per heavy atom. The number of rotatable bonds is 16. The van der Waals surface area contributed by atoms with Gasteiger partial charge in [0.25, 0.3) is 0 Å². The van der Waals surface area contributed by atoms with Crippen LogP contribution < -0.4 is 26.7 Å². The Hall–Kier alpha value is -6.86. The van der Waals surface area contributed by atoms with Crippen molar-refractivity contribution in [2.45, 2.75) is 63.8 Å². The van der Waals surface area contributed by atoms with Crippen molar-refractivity contribution in [2.75, 3.05) is 70.6 Å². The highest BCUT2D eigenvalue weighted by Crippen LogP contribution is 2.30. The second-order valence-corrected chi connectivity index (χ2v) is 15.4. The number of piperidine rings is 1. The molecule has 0 spiro atoms. The Kier molecular flexibility index (Phi) is 15.7. The number of fused-ring (bicyclic) bond motifs is 1. The second-order valence-electron chi connectivity index (χ2n) is 15.4. The number of carbonyl (C=O) groups is 7. The number of benzene rings is 1. The topological polar surface area (TPSA) is 282 Å². The average Bonchev–Trinajstić information content (AvgIpc) is 3.94. The fourth-order valence-corrected chi connectivity index (χ4v) is 7.48. The summed E-state index contributed by atoms with van der Waals surface area (Å²) in [6, 6.07) is 7.61. The SMILES string of the molecule is CC1CCN(C(=O)CC#N)CC1N(C)c1ncnc2c1ccn2C(=O)N(C)CCN(C)C(=O)OCc1ccc(NC(=O)CNC(=O)C2CCCN2C(=O)C(CC(N)=O)NO)cc1. The molecule has 7 amide bonds. The molecule has 0 saturated carbocycles. The molecule has 1 aromatic carbocycles. The molecule has 0 aliphatic carbocycles. The van der Waals surface area contributed by atoms with Gasteiger partial charge in [-0.05, 0) is 48.9 Å². The maximum atomic E-state index is 13.6. The third-order valence-electron chi connectivity index (χ3n) is 11.1. The minimum Gasteiger partial charge on any atom is -0.445 e. The molecule has 22 nitrogen and oxygen atoms in total. The summed E-state index contributed by atoms with van der Waals surface area (Å²) in [5.41, 5.74) is 8.37. The van der Waals surface area contributed by atoms with Crippen molar-refractivity contribution < 1.29 is 43.5 Å². The molecule has 332 valence electrons. The number of likely N-dealkylation sites (N-methyl/N-ethyl adjacent to an activating group) is 3. The van der Waals surface area contributed by atoms with Gasteiger partial charge in [-0.2, -0.15) is 10.7 Å². The first-order valence-electron chi connectivity index (χ1n) is 20.1. The van der Waals surface area contributed by atoms with E-state index in [1.807, 2.05) is 18.0 Å². The smallest absolute Gasteiger partial charge is 0.409 e. The molecule has 0 radical (unpaired) electrons. The minimum atomic E-state index is -1.29. The van der Waals surface area contributed by atoms with E-state index in [2.05, 4.69) is 27.5 Å². The Morgan fingerprint density at radius 3 is 2.44 bits per heavy atom. The Morgan fingerprint density at radius 2 is 1.74 bits per heavy atom. The number of hydrogen-bond donors (Lipinski definition) is 5. The summed E-state index contributed by atoms with van der Waals surface area (Å²) in [5.74, 6) is -1.89. The Bertz CT molecular complexity index is 2180.